The number of nitrogens with zero attached hydrogens (tertiary/aromatic N) is 1. The van der Waals surface area contributed by atoms with E-state index in [-0.39, 0.29) is 11.8 Å². The van der Waals surface area contributed by atoms with Gasteiger partial charge in [-0.05, 0) is 47.2 Å². The number of nitrogens with one attached hydrogen (secondary N) is 1. The molecule has 3 rings (SSSR count). The maximum Gasteiger partial charge on any atom is 0.248 e. The first-order valence-corrected chi connectivity index (χ1v) is 8.39. The Balaban J connectivity index is 1.68. The summed E-state index contributed by atoms with van der Waals surface area (Å²) in [6.07, 6.45) is 4.20. The normalized spacial score (nSPS) is 13.9. The number of thiophene rings is 1. The molecule has 1 aromatic carbocycles. The van der Waals surface area contributed by atoms with Crippen LogP contribution in [0.4, 0.5) is 5.69 Å². The summed E-state index contributed by atoms with van der Waals surface area (Å²) in [6, 6.07) is 9.82. The van der Waals surface area contributed by atoms with Crippen LogP contribution in [0.1, 0.15) is 22.9 Å². The van der Waals surface area contributed by atoms with Crippen molar-refractivity contribution in [1.29, 1.82) is 0 Å². The molecule has 5 heteroatoms. The Morgan fingerprint density at radius 1 is 1.26 bits per heavy atom. The molecule has 1 aliphatic heterocycles. The van der Waals surface area contributed by atoms with Crippen molar-refractivity contribution in [2.24, 2.45) is 0 Å². The summed E-state index contributed by atoms with van der Waals surface area (Å²) < 4.78 is 0. The maximum absolute atomic E-state index is 12.0. The molecule has 0 saturated carbocycles. The zero-order valence-electron chi connectivity index (χ0n) is 12.9. The zero-order valence-corrected chi connectivity index (χ0v) is 13.7. The van der Waals surface area contributed by atoms with Crippen molar-refractivity contribution in [2.45, 2.75) is 19.9 Å². The Morgan fingerprint density at radius 2 is 2.13 bits per heavy atom. The zero-order chi connectivity index (χ0) is 16.2. The Morgan fingerprint density at radius 3 is 2.87 bits per heavy atom. The number of hydrogen-bond acceptors (Lipinski definition) is 3. The van der Waals surface area contributed by atoms with Crippen LogP contribution in [-0.2, 0) is 22.6 Å². The number of rotatable bonds is 3. The predicted molar refractivity (Wildman–Crippen MR) is 93.2 cm³/mol. The third-order valence-corrected chi connectivity index (χ3v) is 4.71. The van der Waals surface area contributed by atoms with Crippen molar-refractivity contribution in [3.05, 3.63) is 57.8 Å². The molecule has 1 aliphatic rings. The number of fused-ring (bicyclic) bond motifs is 1. The smallest absolute Gasteiger partial charge is 0.248 e. The van der Waals surface area contributed by atoms with Crippen LogP contribution in [-0.4, -0.2) is 23.3 Å². The lowest BCUT2D eigenvalue weighted by Gasteiger charge is -2.28. The highest BCUT2D eigenvalue weighted by atomic mass is 32.1. The van der Waals surface area contributed by atoms with Gasteiger partial charge in [0.1, 0.15) is 0 Å². The summed E-state index contributed by atoms with van der Waals surface area (Å²) in [5.74, 6) is -0.0680. The first-order valence-electron chi connectivity index (χ1n) is 7.52. The van der Waals surface area contributed by atoms with Gasteiger partial charge in [-0.25, -0.2) is 0 Å². The molecule has 0 atom stereocenters. The average Bonchev–Trinajstić information content (AvgIpc) is 3.05. The molecule has 2 aromatic rings. The first-order chi connectivity index (χ1) is 11.1. The molecule has 2 heterocycles. The summed E-state index contributed by atoms with van der Waals surface area (Å²) in [7, 11) is 0. The highest BCUT2D eigenvalue weighted by Crippen LogP contribution is 2.23. The Labute approximate surface area is 139 Å². The van der Waals surface area contributed by atoms with Crippen molar-refractivity contribution in [1.82, 2.24) is 4.90 Å². The third-order valence-electron chi connectivity index (χ3n) is 3.87. The minimum absolute atomic E-state index is 0.0870. The van der Waals surface area contributed by atoms with Gasteiger partial charge >= 0.3 is 0 Å². The van der Waals surface area contributed by atoms with Gasteiger partial charge in [0.2, 0.25) is 11.8 Å². The highest BCUT2D eigenvalue weighted by Gasteiger charge is 2.18. The molecule has 4 nitrogen and oxygen atoms in total. The average molecular weight is 326 g/mol. The van der Waals surface area contributed by atoms with Crippen LogP contribution < -0.4 is 5.32 Å². The molecule has 2 amide bonds. The molecule has 0 unspecified atom stereocenters. The Hall–Kier alpha value is -2.40. The molecule has 0 fully saturated rings. The molecule has 1 N–H and O–H groups in total. The van der Waals surface area contributed by atoms with E-state index >= 15 is 0 Å². The van der Waals surface area contributed by atoms with Crippen molar-refractivity contribution in [3.63, 3.8) is 0 Å². The van der Waals surface area contributed by atoms with Crippen LogP contribution in [0.15, 0.2) is 41.8 Å². The number of anilines is 1. The summed E-state index contributed by atoms with van der Waals surface area (Å²) in [6.45, 7) is 2.96. The fourth-order valence-corrected chi connectivity index (χ4v) is 3.25. The van der Waals surface area contributed by atoms with Gasteiger partial charge in [-0.2, -0.15) is 0 Å². The van der Waals surface area contributed by atoms with Gasteiger partial charge in [-0.15, -0.1) is 11.3 Å². The fraction of sp³-hybridized carbons (Fsp3) is 0.222. The molecule has 118 valence electrons. The van der Waals surface area contributed by atoms with Gasteiger partial charge in [0.25, 0.3) is 0 Å². The van der Waals surface area contributed by atoms with E-state index in [0.717, 1.165) is 29.1 Å². The highest BCUT2D eigenvalue weighted by molar-refractivity contribution is 7.10. The molecule has 0 radical (unpaired) electrons. The number of amides is 2. The molecular weight excluding hydrogens is 308 g/mol. The predicted octanol–water partition coefficient (Wildman–Crippen LogP) is 3.30. The van der Waals surface area contributed by atoms with Gasteiger partial charge in [0, 0.05) is 36.7 Å². The van der Waals surface area contributed by atoms with Crippen LogP contribution in [0.25, 0.3) is 6.08 Å². The van der Waals surface area contributed by atoms with Crippen LogP contribution in [0.5, 0.6) is 0 Å². The first kappa shape index (κ1) is 15.5. The van der Waals surface area contributed by atoms with E-state index < -0.39 is 0 Å². The molecule has 0 spiro atoms. The lowest BCUT2D eigenvalue weighted by molar-refractivity contribution is -0.129. The summed E-state index contributed by atoms with van der Waals surface area (Å²) in [4.78, 5) is 26.4. The third kappa shape index (κ3) is 3.87. The Bertz CT molecular complexity index is 750. The minimum atomic E-state index is -0.155. The van der Waals surface area contributed by atoms with E-state index in [1.54, 1.807) is 24.3 Å². The van der Waals surface area contributed by atoms with Gasteiger partial charge in [0.05, 0.1) is 0 Å². The summed E-state index contributed by atoms with van der Waals surface area (Å²) in [5.41, 5.74) is 3.11. The second kappa shape index (κ2) is 6.79. The van der Waals surface area contributed by atoms with Gasteiger partial charge < -0.3 is 10.2 Å². The largest absolute Gasteiger partial charge is 0.338 e. The van der Waals surface area contributed by atoms with E-state index in [4.69, 9.17) is 0 Å². The van der Waals surface area contributed by atoms with E-state index in [9.17, 15) is 9.59 Å². The van der Waals surface area contributed by atoms with E-state index in [2.05, 4.69) is 5.32 Å². The lowest BCUT2D eigenvalue weighted by atomic mass is 9.99. The van der Waals surface area contributed by atoms with E-state index in [1.807, 2.05) is 40.6 Å². The quantitative estimate of drug-likeness (QED) is 0.880. The van der Waals surface area contributed by atoms with Crippen LogP contribution in [0.3, 0.4) is 0 Å². The molecule has 23 heavy (non-hydrogen) atoms. The van der Waals surface area contributed by atoms with Crippen molar-refractivity contribution in [3.8, 4) is 0 Å². The summed E-state index contributed by atoms with van der Waals surface area (Å²) >= 11 is 1.59. The van der Waals surface area contributed by atoms with Gasteiger partial charge in [-0.1, -0.05) is 12.1 Å². The summed E-state index contributed by atoms with van der Waals surface area (Å²) in [5, 5.41) is 4.85. The van der Waals surface area contributed by atoms with Crippen LogP contribution in [0.2, 0.25) is 0 Å². The van der Waals surface area contributed by atoms with Crippen LogP contribution in [0, 0.1) is 0 Å². The SMILES string of the molecule is CC(=O)N1CCc2ccc(NC(=O)/C=C/c3cccs3)cc2C1. The standard InChI is InChI=1S/C18H18N2O2S/c1-13(21)20-9-8-14-4-5-16(11-15(14)12-20)19-18(22)7-6-17-3-2-10-23-17/h2-7,10-11H,8-9,12H2,1H3,(H,19,22)/b7-6+. The Kier molecular flexibility index (Phi) is 4.57. The topological polar surface area (TPSA) is 49.4 Å². The molecule has 0 bridgehead atoms. The van der Waals surface area contributed by atoms with Crippen molar-refractivity contribution in [2.75, 3.05) is 11.9 Å². The number of hydrogen-bond donors (Lipinski definition) is 1. The van der Waals surface area contributed by atoms with E-state index in [1.165, 1.54) is 11.6 Å². The van der Waals surface area contributed by atoms with E-state index in [0.29, 0.717) is 6.54 Å². The molecule has 1 aromatic heterocycles. The van der Waals surface area contributed by atoms with Crippen molar-refractivity contribution < 1.29 is 9.59 Å². The lowest BCUT2D eigenvalue weighted by Crippen LogP contribution is -2.34. The molecular formula is C18H18N2O2S. The van der Waals surface area contributed by atoms with Gasteiger partial charge in [-0.3, -0.25) is 9.59 Å². The number of carbonyl (C=O) groups excluding carboxylic acids is 2. The van der Waals surface area contributed by atoms with Gasteiger partial charge in [0.15, 0.2) is 0 Å². The number of carbonyl (C=O) groups is 2. The fourth-order valence-electron chi connectivity index (χ4n) is 2.63. The van der Waals surface area contributed by atoms with Crippen LogP contribution >= 0.6 is 11.3 Å². The monoisotopic (exact) mass is 326 g/mol. The number of benzene rings is 1. The van der Waals surface area contributed by atoms with Crippen molar-refractivity contribution >= 4 is 34.9 Å². The minimum Gasteiger partial charge on any atom is -0.338 e. The molecule has 0 saturated heterocycles. The maximum atomic E-state index is 12.0. The second-order valence-corrected chi connectivity index (χ2v) is 6.49. The second-order valence-electron chi connectivity index (χ2n) is 5.51. The molecule has 0 aliphatic carbocycles.